The SMILES string of the molecule is CCC(CC)C(=O)/C=C(\O)C(CC)CC.Cc1c(-c2ccc(CC(C)(C)C(F)(F)F)cc2)sc2c(-c3[c-]c4cccc(F)c4c(C(C)(C)C)c3)nccc12.[Ir]. The molecule has 299 valence electrons. The summed E-state index contributed by atoms with van der Waals surface area (Å²) in [6, 6.07) is 19.8. The molecular formula is C46H54F4IrNO2S-. The summed E-state index contributed by atoms with van der Waals surface area (Å²) < 4.78 is 56.0. The van der Waals surface area contributed by atoms with Gasteiger partial charge in [0.1, 0.15) is 0 Å². The Morgan fingerprint density at radius 2 is 1.51 bits per heavy atom. The molecule has 0 aliphatic rings. The second-order valence-corrected chi connectivity index (χ2v) is 16.9. The number of carbonyl (C=O) groups excluding carboxylic acids is 1. The van der Waals surface area contributed by atoms with Crippen LogP contribution < -0.4 is 0 Å². The van der Waals surface area contributed by atoms with Crippen LogP contribution >= 0.6 is 11.3 Å². The molecule has 0 bridgehead atoms. The van der Waals surface area contributed by atoms with Crippen LogP contribution in [0.4, 0.5) is 17.6 Å². The fourth-order valence-corrected chi connectivity index (χ4v) is 8.11. The van der Waals surface area contributed by atoms with Crippen LogP contribution in [0.25, 0.3) is 42.6 Å². The van der Waals surface area contributed by atoms with Gasteiger partial charge < -0.3 is 5.11 Å². The van der Waals surface area contributed by atoms with Crippen LogP contribution in [0.15, 0.2) is 72.6 Å². The molecule has 1 radical (unpaired) electrons. The van der Waals surface area contributed by atoms with Crippen LogP contribution in [0, 0.1) is 36.1 Å². The van der Waals surface area contributed by atoms with Gasteiger partial charge >= 0.3 is 6.18 Å². The summed E-state index contributed by atoms with van der Waals surface area (Å²) in [4.78, 5) is 17.5. The summed E-state index contributed by atoms with van der Waals surface area (Å²) in [6.07, 6.45) is 2.34. The minimum absolute atomic E-state index is 0. The molecule has 1 N–H and O–H groups in total. The average Bonchev–Trinajstić information content (AvgIpc) is 3.44. The second-order valence-electron chi connectivity index (χ2n) is 15.9. The number of halogens is 4. The number of aliphatic hydroxyl groups is 1. The molecule has 2 aromatic heterocycles. The fraction of sp³-hybridized carbons (Fsp3) is 0.435. The van der Waals surface area contributed by atoms with Crippen molar-refractivity contribution in [1.82, 2.24) is 4.98 Å². The molecule has 0 saturated carbocycles. The van der Waals surface area contributed by atoms with Crippen molar-refractivity contribution in [1.29, 1.82) is 0 Å². The van der Waals surface area contributed by atoms with E-state index < -0.39 is 11.6 Å². The third-order valence-corrected chi connectivity index (χ3v) is 11.8. The largest absolute Gasteiger partial charge is 0.512 e. The molecule has 0 aliphatic heterocycles. The topological polar surface area (TPSA) is 50.2 Å². The van der Waals surface area contributed by atoms with E-state index in [-0.39, 0.29) is 61.1 Å². The molecule has 0 aliphatic carbocycles. The van der Waals surface area contributed by atoms with Crippen LogP contribution in [0.5, 0.6) is 0 Å². The maximum absolute atomic E-state index is 14.9. The maximum Gasteiger partial charge on any atom is 0.394 e. The molecule has 5 rings (SSSR count). The Bertz CT molecular complexity index is 2100. The molecule has 0 saturated heterocycles. The van der Waals surface area contributed by atoms with Gasteiger partial charge in [0.25, 0.3) is 0 Å². The Kier molecular flexibility index (Phi) is 15.6. The second kappa shape index (κ2) is 18.7. The Labute approximate surface area is 342 Å². The van der Waals surface area contributed by atoms with Gasteiger partial charge in [-0.05, 0) is 78.7 Å². The standard InChI is InChI=1S/C33H30F4NS.C13H24O2.Ir/c1-19-24-14-15-38-28(23-16-22-8-7-9-26(34)27(22)25(17-23)31(2,3)4)30(24)39-29(19)21-12-10-20(11-13-21)18-32(5,6)33(35,36)37;1-5-10(6-2)12(14)9-13(15)11(7-3)8-4;/h7-15,17H,18H2,1-6H3;9-11,14H,5-8H2,1-4H3;/q-1;;/b;12-9-;. The molecule has 0 amide bonds. The first kappa shape index (κ1) is 46.0. The quantitative estimate of drug-likeness (QED) is 0.0621. The van der Waals surface area contributed by atoms with Crippen molar-refractivity contribution in [2.75, 3.05) is 0 Å². The van der Waals surface area contributed by atoms with E-state index in [4.69, 9.17) is 4.98 Å². The van der Waals surface area contributed by atoms with Gasteiger partial charge in [0.15, 0.2) is 5.78 Å². The summed E-state index contributed by atoms with van der Waals surface area (Å²) in [5.41, 5.74) is 3.08. The van der Waals surface area contributed by atoms with E-state index in [0.717, 1.165) is 68.6 Å². The van der Waals surface area contributed by atoms with Gasteiger partial charge in [0.05, 0.1) is 17.0 Å². The first-order valence-corrected chi connectivity index (χ1v) is 19.7. The van der Waals surface area contributed by atoms with Gasteiger partial charge in [-0.2, -0.15) is 13.2 Å². The molecule has 55 heavy (non-hydrogen) atoms. The summed E-state index contributed by atoms with van der Waals surface area (Å²) >= 11 is 1.61. The molecule has 0 spiro atoms. The first-order chi connectivity index (χ1) is 25.3. The maximum atomic E-state index is 14.9. The number of carbonyl (C=O) groups is 1. The molecule has 0 unspecified atom stereocenters. The number of thiophene rings is 1. The predicted molar refractivity (Wildman–Crippen MR) is 218 cm³/mol. The van der Waals surface area contributed by atoms with Gasteiger partial charge in [0, 0.05) is 59.5 Å². The van der Waals surface area contributed by atoms with Gasteiger partial charge in [0.2, 0.25) is 0 Å². The smallest absolute Gasteiger partial charge is 0.394 e. The molecule has 0 atom stereocenters. The molecule has 3 nitrogen and oxygen atoms in total. The number of aryl methyl sites for hydroxylation is 1. The van der Waals surface area contributed by atoms with Crippen LogP contribution in [-0.2, 0) is 36.7 Å². The number of ketones is 1. The monoisotopic (exact) mass is 953 g/mol. The van der Waals surface area contributed by atoms with E-state index in [1.165, 1.54) is 26.0 Å². The molecule has 3 aromatic carbocycles. The number of nitrogens with zero attached hydrogens (tertiary/aromatic N) is 1. The van der Waals surface area contributed by atoms with Crippen molar-refractivity contribution in [3.05, 3.63) is 101 Å². The number of pyridine rings is 1. The Morgan fingerprint density at radius 3 is 2.05 bits per heavy atom. The predicted octanol–water partition coefficient (Wildman–Crippen LogP) is 14.3. The van der Waals surface area contributed by atoms with E-state index in [9.17, 15) is 27.5 Å². The number of alkyl halides is 3. The fourth-order valence-electron chi connectivity index (χ4n) is 6.80. The normalized spacial score (nSPS) is 12.6. The van der Waals surface area contributed by atoms with Crippen molar-refractivity contribution in [2.24, 2.45) is 17.3 Å². The van der Waals surface area contributed by atoms with E-state index in [2.05, 4.69) is 33.8 Å². The first-order valence-electron chi connectivity index (χ1n) is 18.9. The third kappa shape index (κ3) is 10.5. The molecule has 5 aromatic rings. The van der Waals surface area contributed by atoms with Crippen LogP contribution in [-0.4, -0.2) is 22.1 Å². The average molecular weight is 953 g/mol. The number of rotatable bonds is 11. The molecule has 0 fully saturated rings. The summed E-state index contributed by atoms with van der Waals surface area (Å²) in [6.45, 7) is 18.8. The number of benzene rings is 3. The summed E-state index contributed by atoms with van der Waals surface area (Å²) in [5.74, 6) is 0.286. The van der Waals surface area contributed by atoms with Crippen LogP contribution in [0.3, 0.4) is 0 Å². The molecule has 2 heterocycles. The minimum Gasteiger partial charge on any atom is -0.512 e. The number of fused-ring (bicyclic) bond motifs is 2. The van der Waals surface area contributed by atoms with Crippen molar-refractivity contribution in [3.8, 4) is 21.7 Å². The zero-order chi connectivity index (χ0) is 40.2. The molecule has 9 heteroatoms. The number of hydrogen-bond acceptors (Lipinski definition) is 4. The summed E-state index contributed by atoms with van der Waals surface area (Å²) in [5, 5.41) is 12.1. The third-order valence-electron chi connectivity index (χ3n) is 10.5. The van der Waals surface area contributed by atoms with Crippen molar-refractivity contribution in [2.45, 2.75) is 113 Å². The summed E-state index contributed by atoms with van der Waals surface area (Å²) in [7, 11) is 0. The van der Waals surface area contributed by atoms with Crippen LogP contribution in [0.2, 0.25) is 0 Å². The van der Waals surface area contributed by atoms with E-state index in [1.807, 2.05) is 58.0 Å². The Balaban J connectivity index is 0.000000433. The van der Waals surface area contributed by atoms with Gasteiger partial charge in [-0.25, -0.2) is 4.39 Å². The van der Waals surface area contributed by atoms with Crippen LogP contribution in [0.1, 0.15) is 105 Å². The number of allylic oxidation sites excluding steroid dienone is 2. The van der Waals surface area contributed by atoms with E-state index >= 15 is 0 Å². The zero-order valence-corrected chi connectivity index (χ0v) is 36.8. The van der Waals surface area contributed by atoms with Crippen molar-refractivity contribution < 1.29 is 47.6 Å². The molecular weight excluding hydrogens is 899 g/mol. The number of aliphatic hydroxyl groups excluding tert-OH is 1. The van der Waals surface area contributed by atoms with Crippen molar-refractivity contribution in [3.63, 3.8) is 0 Å². The van der Waals surface area contributed by atoms with E-state index in [0.29, 0.717) is 16.3 Å². The number of aromatic nitrogens is 1. The van der Waals surface area contributed by atoms with Gasteiger partial charge in [-0.3, -0.25) is 9.78 Å². The van der Waals surface area contributed by atoms with Gasteiger partial charge in [-0.15, -0.1) is 34.9 Å². The Morgan fingerprint density at radius 1 is 0.909 bits per heavy atom. The van der Waals surface area contributed by atoms with E-state index in [1.54, 1.807) is 35.7 Å². The Hall–Kier alpha value is -3.39. The van der Waals surface area contributed by atoms with Crippen molar-refractivity contribution >= 4 is 38.0 Å². The minimum atomic E-state index is -4.27. The number of hydrogen-bond donors (Lipinski definition) is 1. The zero-order valence-electron chi connectivity index (χ0n) is 33.6. The van der Waals surface area contributed by atoms with Gasteiger partial charge in [-0.1, -0.05) is 109 Å².